The number of aromatic nitrogens is 1. The summed E-state index contributed by atoms with van der Waals surface area (Å²) in [5.74, 6) is 1.63. The third-order valence-electron chi connectivity index (χ3n) is 6.13. The lowest BCUT2D eigenvalue weighted by atomic mass is 10.0. The zero-order valence-electron chi connectivity index (χ0n) is 21.3. The van der Waals surface area contributed by atoms with Crippen LogP contribution >= 0.6 is 22.9 Å². The Morgan fingerprint density at radius 2 is 1.81 bits per heavy atom. The van der Waals surface area contributed by atoms with E-state index in [1.54, 1.807) is 27.5 Å². The number of carbonyl (C=O) groups excluding carboxylic acids is 3. The van der Waals surface area contributed by atoms with E-state index in [4.69, 9.17) is 14.2 Å². The van der Waals surface area contributed by atoms with Crippen LogP contribution < -0.4 is 24.8 Å². The molecule has 2 aromatic rings. The molecular formula is C26H33IN4O6. The van der Waals surface area contributed by atoms with Crippen molar-refractivity contribution in [2.45, 2.75) is 57.4 Å². The summed E-state index contributed by atoms with van der Waals surface area (Å²) in [6.07, 6.45) is 7.15. The molecule has 1 atom stereocenters. The van der Waals surface area contributed by atoms with Crippen LogP contribution in [0.15, 0.2) is 30.5 Å². The van der Waals surface area contributed by atoms with Crippen LogP contribution in [0.25, 0.3) is 0 Å². The number of nitrogens with one attached hydrogen (secondary N) is 2. The molecule has 10 nitrogen and oxygen atoms in total. The van der Waals surface area contributed by atoms with Crippen molar-refractivity contribution in [3.05, 3.63) is 36.0 Å². The molecular weight excluding hydrogens is 591 g/mol. The number of hydrogen-bond donors (Lipinski definition) is 2. The van der Waals surface area contributed by atoms with E-state index < -0.39 is 11.9 Å². The van der Waals surface area contributed by atoms with Crippen molar-refractivity contribution >= 4 is 52.1 Å². The molecule has 1 aromatic heterocycles. The van der Waals surface area contributed by atoms with Crippen LogP contribution in [0.5, 0.6) is 17.2 Å². The van der Waals surface area contributed by atoms with Gasteiger partial charge in [0.1, 0.15) is 11.9 Å². The van der Waals surface area contributed by atoms with Gasteiger partial charge in [-0.3, -0.25) is 22.8 Å². The van der Waals surface area contributed by atoms with E-state index in [9.17, 15) is 14.4 Å². The number of nitrogens with zero attached hydrogens (tertiary/aromatic N) is 2. The molecule has 3 rings (SSSR count). The summed E-state index contributed by atoms with van der Waals surface area (Å²) in [7, 11) is 4.72. The average Bonchev–Trinajstić information content (AvgIpc) is 2.90. The maximum absolute atomic E-state index is 12.5. The first-order valence-electron chi connectivity index (χ1n) is 12.2. The molecule has 11 heteroatoms. The van der Waals surface area contributed by atoms with Crippen LogP contribution in [0.2, 0.25) is 0 Å². The van der Waals surface area contributed by atoms with Gasteiger partial charge in [-0.15, -0.1) is 0 Å². The first-order valence-corrected chi connectivity index (χ1v) is 13.2. The molecule has 1 saturated heterocycles. The number of rotatable bonds is 13. The van der Waals surface area contributed by atoms with E-state index in [0.717, 1.165) is 49.2 Å². The van der Waals surface area contributed by atoms with E-state index in [-0.39, 0.29) is 18.2 Å². The van der Waals surface area contributed by atoms with Crippen molar-refractivity contribution in [1.82, 2.24) is 13.4 Å². The van der Waals surface area contributed by atoms with Crippen molar-refractivity contribution in [3.8, 4) is 17.2 Å². The van der Waals surface area contributed by atoms with Gasteiger partial charge in [-0.2, -0.15) is 0 Å². The topological polar surface area (TPSA) is 119 Å². The lowest BCUT2D eigenvalue weighted by molar-refractivity contribution is -0.140. The van der Waals surface area contributed by atoms with Gasteiger partial charge in [0.05, 0.1) is 44.2 Å². The number of piperidine rings is 1. The number of unbranched alkanes of at least 4 members (excludes halogenated alkanes) is 3. The second kappa shape index (κ2) is 14.0. The standard InChI is InChI=1S/C26H33IN4O6/c1-35-20-15-18(16-21(36-2)24(20)37-3)29-25-17(10-8-14-28-25)9-6-4-5-7-11-23(33)31(27)19-12-13-22(32)30-26(19)34/h8,10,14-16,19H,4-7,9,11-13H2,1-3H3,(H,28,29)(H,30,32,34). The quantitative estimate of drug-likeness (QED) is 0.146. The minimum Gasteiger partial charge on any atom is -0.493 e. The number of imide groups is 1. The largest absolute Gasteiger partial charge is 0.493 e. The number of amides is 3. The van der Waals surface area contributed by atoms with Gasteiger partial charge in [-0.1, -0.05) is 18.9 Å². The molecule has 1 fully saturated rings. The van der Waals surface area contributed by atoms with Crippen molar-refractivity contribution in [1.29, 1.82) is 0 Å². The molecule has 0 radical (unpaired) electrons. The highest BCUT2D eigenvalue weighted by Gasteiger charge is 2.33. The van der Waals surface area contributed by atoms with Crippen LogP contribution in [0.1, 0.15) is 50.5 Å². The van der Waals surface area contributed by atoms with E-state index in [1.807, 2.05) is 47.1 Å². The Kier molecular flexibility index (Phi) is 10.8. The SMILES string of the molecule is COc1cc(Nc2ncccc2CCCCCCC(=O)N(I)C2CCC(=O)NC2=O)cc(OC)c1OC. The van der Waals surface area contributed by atoms with Gasteiger partial charge in [-0.05, 0) is 37.3 Å². The predicted octanol–water partition coefficient (Wildman–Crippen LogP) is 4.33. The Hall–Kier alpha value is -3.09. The number of ether oxygens (including phenoxy) is 3. The van der Waals surface area contributed by atoms with E-state index in [1.165, 1.54) is 3.11 Å². The summed E-state index contributed by atoms with van der Waals surface area (Å²) in [6, 6.07) is 7.06. The van der Waals surface area contributed by atoms with Crippen molar-refractivity contribution in [3.63, 3.8) is 0 Å². The van der Waals surface area contributed by atoms with E-state index in [2.05, 4.69) is 15.6 Å². The maximum atomic E-state index is 12.5. The van der Waals surface area contributed by atoms with Crippen LogP contribution in [0.3, 0.4) is 0 Å². The molecule has 200 valence electrons. The first-order chi connectivity index (χ1) is 17.9. The van der Waals surface area contributed by atoms with Gasteiger partial charge in [0, 0.05) is 36.9 Å². The summed E-state index contributed by atoms with van der Waals surface area (Å²) < 4.78 is 17.7. The minimum atomic E-state index is -0.576. The number of pyridine rings is 1. The highest BCUT2D eigenvalue weighted by molar-refractivity contribution is 14.1. The highest BCUT2D eigenvalue weighted by Crippen LogP contribution is 2.40. The lowest BCUT2D eigenvalue weighted by Gasteiger charge is -2.27. The Labute approximate surface area is 230 Å². The third kappa shape index (κ3) is 7.70. The number of halogens is 1. The fraction of sp³-hybridized carbons (Fsp3) is 0.462. The zero-order chi connectivity index (χ0) is 26.8. The molecule has 0 spiro atoms. The fourth-order valence-electron chi connectivity index (χ4n) is 4.17. The van der Waals surface area contributed by atoms with Crippen molar-refractivity contribution in [2.75, 3.05) is 26.6 Å². The second-order valence-corrected chi connectivity index (χ2v) is 9.68. The number of benzene rings is 1. The van der Waals surface area contributed by atoms with E-state index >= 15 is 0 Å². The molecule has 0 saturated carbocycles. The number of hydrogen-bond acceptors (Lipinski definition) is 8. The second-order valence-electron chi connectivity index (χ2n) is 8.64. The molecule has 1 unspecified atom stereocenters. The number of aryl methyl sites for hydroxylation is 1. The molecule has 2 heterocycles. The lowest BCUT2D eigenvalue weighted by Crippen LogP contribution is -2.50. The van der Waals surface area contributed by atoms with Gasteiger partial charge in [-0.25, -0.2) is 4.98 Å². The maximum Gasteiger partial charge on any atom is 0.250 e. The summed E-state index contributed by atoms with van der Waals surface area (Å²) in [5.41, 5.74) is 1.86. The molecule has 1 aromatic carbocycles. The molecule has 1 aliphatic rings. The Balaban J connectivity index is 1.47. The highest BCUT2D eigenvalue weighted by atomic mass is 127. The van der Waals surface area contributed by atoms with Crippen LogP contribution in [-0.2, 0) is 20.8 Å². The Morgan fingerprint density at radius 3 is 2.46 bits per heavy atom. The van der Waals surface area contributed by atoms with Gasteiger partial charge < -0.3 is 19.5 Å². The molecule has 3 amide bonds. The minimum absolute atomic E-state index is 0.0841. The third-order valence-corrected chi connectivity index (χ3v) is 7.34. The van der Waals surface area contributed by atoms with Crippen LogP contribution in [-0.4, -0.2) is 53.2 Å². The van der Waals surface area contributed by atoms with Crippen LogP contribution in [0, 0.1) is 0 Å². The van der Waals surface area contributed by atoms with Gasteiger partial charge in [0.2, 0.25) is 23.5 Å². The number of carbonyl (C=O) groups is 3. The number of methoxy groups -OCH3 is 3. The summed E-state index contributed by atoms with van der Waals surface area (Å²) in [5, 5.41) is 5.65. The van der Waals surface area contributed by atoms with Gasteiger partial charge in [0.15, 0.2) is 11.5 Å². The van der Waals surface area contributed by atoms with Crippen molar-refractivity contribution in [2.24, 2.45) is 0 Å². The van der Waals surface area contributed by atoms with Gasteiger partial charge >= 0.3 is 0 Å². The Morgan fingerprint density at radius 1 is 1.11 bits per heavy atom. The van der Waals surface area contributed by atoms with Crippen LogP contribution in [0.4, 0.5) is 11.5 Å². The normalized spacial score (nSPS) is 15.1. The zero-order valence-corrected chi connectivity index (χ0v) is 23.5. The fourth-order valence-corrected chi connectivity index (χ4v) is 4.94. The first kappa shape index (κ1) is 28.5. The molecule has 1 aliphatic heterocycles. The molecule has 0 aliphatic carbocycles. The molecule has 2 N–H and O–H groups in total. The monoisotopic (exact) mass is 624 g/mol. The summed E-state index contributed by atoms with van der Waals surface area (Å²) in [4.78, 5) is 40.3. The van der Waals surface area contributed by atoms with E-state index in [0.29, 0.717) is 30.1 Å². The predicted molar refractivity (Wildman–Crippen MR) is 147 cm³/mol. The summed E-state index contributed by atoms with van der Waals surface area (Å²) >= 11 is 1.89. The average molecular weight is 624 g/mol. The van der Waals surface area contributed by atoms with Gasteiger partial charge in [0.25, 0.3) is 0 Å². The summed E-state index contributed by atoms with van der Waals surface area (Å²) in [6.45, 7) is 0. The molecule has 0 bridgehead atoms. The molecule has 37 heavy (non-hydrogen) atoms. The Bertz CT molecular complexity index is 1090. The van der Waals surface area contributed by atoms with Crippen molar-refractivity contribution < 1.29 is 28.6 Å². The smallest absolute Gasteiger partial charge is 0.250 e. The number of anilines is 2.